The Kier molecular flexibility index (Phi) is 4.34. The summed E-state index contributed by atoms with van der Waals surface area (Å²) >= 11 is 0. The zero-order chi connectivity index (χ0) is 12.9. The van der Waals surface area contributed by atoms with Crippen molar-refractivity contribution in [1.82, 2.24) is 4.90 Å². The minimum atomic E-state index is 0.731. The second-order valence-electron chi connectivity index (χ2n) is 5.99. The van der Waals surface area contributed by atoms with Crippen LogP contribution in [0.1, 0.15) is 50.5 Å². The third kappa shape index (κ3) is 3.27. The molecule has 1 nitrogen and oxygen atoms in total. The van der Waals surface area contributed by atoms with Gasteiger partial charge in [-0.3, -0.25) is 4.90 Å². The van der Waals surface area contributed by atoms with E-state index >= 15 is 0 Å². The van der Waals surface area contributed by atoms with Crippen LogP contribution in [0.3, 0.4) is 0 Å². The molecule has 0 radical (unpaired) electrons. The molecule has 0 aromatic heterocycles. The molecule has 1 heteroatoms. The third-order valence-corrected chi connectivity index (χ3v) is 4.60. The first-order chi connectivity index (χ1) is 9.43. The zero-order valence-corrected chi connectivity index (χ0v) is 11.9. The average molecular weight is 255 g/mol. The number of hydrogen-bond acceptors (Lipinski definition) is 1. The molecule has 2 fully saturated rings. The summed E-state index contributed by atoms with van der Waals surface area (Å²) in [4.78, 5) is 2.69. The molecule has 1 aliphatic carbocycles. The molecule has 0 bridgehead atoms. The van der Waals surface area contributed by atoms with Crippen molar-refractivity contribution < 1.29 is 0 Å². The molecule has 0 N–H and O–H groups in total. The van der Waals surface area contributed by atoms with E-state index in [1.165, 1.54) is 63.6 Å². The summed E-state index contributed by atoms with van der Waals surface area (Å²) in [5.41, 5.74) is 3.06. The summed E-state index contributed by atoms with van der Waals surface area (Å²) in [6, 6.07) is 11.6. The van der Waals surface area contributed by atoms with Crippen molar-refractivity contribution in [1.29, 1.82) is 0 Å². The quantitative estimate of drug-likeness (QED) is 0.752. The summed E-state index contributed by atoms with van der Waals surface area (Å²) in [5.74, 6) is 0. The van der Waals surface area contributed by atoms with Crippen molar-refractivity contribution in [2.75, 3.05) is 13.1 Å². The minimum absolute atomic E-state index is 0.731. The van der Waals surface area contributed by atoms with E-state index in [1.54, 1.807) is 5.57 Å². The maximum atomic E-state index is 2.69. The van der Waals surface area contributed by atoms with Crippen molar-refractivity contribution >= 4 is 6.08 Å². The highest BCUT2D eigenvalue weighted by Gasteiger charge is 2.27. The molecule has 1 saturated heterocycles. The van der Waals surface area contributed by atoms with Crippen LogP contribution in [-0.2, 0) is 0 Å². The molecule has 1 heterocycles. The number of hydrogen-bond donors (Lipinski definition) is 0. The SMILES string of the molecule is C(=C1\CCCCCCC1N1CCC1)/c1ccccc1. The van der Waals surface area contributed by atoms with Crippen molar-refractivity contribution in [3.63, 3.8) is 0 Å². The van der Waals surface area contributed by atoms with Gasteiger partial charge < -0.3 is 0 Å². The first-order valence-corrected chi connectivity index (χ1v) is 7.93. The largest absolute Gasteiger partial charge is 0.297 e. The molecule has 0 amide bonds. The highest BCUT2D eigenvalue weighted by Crippen LogP contribution is 2.30. The van der Waals surface area contributed by atoms with Gasteiger partial charge in [-0.2, -0.15) is 0 Å². The highest BCUT2D eigenvalue weighted by atomic mass is 15.2. The smallest absolute Gasteiger partial charge is 0.0310 e. The molecule has 2 aliphatic rings. The molecule has 19 heavy (non-hydrogen) atoms. The highest BCUT2D eigenvalue weighted by molar-refractivity contribution is 5.54. The zero-order valence-electron chi connectivity index (χ0n) is 11.9. The Morgan fingerprint density at radius 3 is 2.42 bits per heavy atom. The van der Waals surface area contributed by atoms with Gasteiger partial charge in [-0.15, -0.1) is 0 Å². The molecule has 3 rings (SSSR count). The van der Waals surface area contributed by atoms with Crippen LogP contribution in [0.5, 0.6) is 0 Å². The van der Waals surface area contributed by atoms with Gasteiger partial charge in [0, 0.05) is 6.04 Å². The summed E-state index contributed by atoms with van der Waals surface area (Å²) in [5, 5.41) is 0. The Hall–Kier alpha value is -1.08. The predicted molar refractivity (Wildman–Crippen MR) is 82.1 cm³/mol. The summed E-state index contributed by atoms with van der Waals surface area (Å²) in [7, 11) is 0. The molecule has 1 saturated carbocycles. The van der Waals surface area contributed by atoms with E-state index in [0.29, 0.717) is 0 Å². The van der Waals surface area contributed by atoms with E-state index in [0.717, 1.165) is 6.04 Å². The van der Waals surface area contributed by atoms with Crippen molar-refractivity contribution in [3.8, 4) is 0 Å². The second kappa shape index (κ2) is 6.38. The monoisotopic (exact) mass is 255 g/mol. The number of benzene rings is 1. The van der Waals surface area contributed by atoms with Gasteiger partial charge in [-0.05, 0) is 44.3 Å². The van der Waals surface area contributed by atoms with Crippen molar-refractivity contribution in [3.05, 3.63) is 41.5 Å². The Labute approximate surface area is 117 Å². The van der Waals surface area contributed by atoms with Gasteiger partial charge >= 0.3 is 0 Å². The lowest BCUT2D eigenvalue weighted by atomic mass is 9.88. The van der Waals surface area contributed by atoms with E-state index in [4.69, 9.17) is 0 Å². The second-order valence-corrected chi connectivity index (χ2v) is 5.99. The topological polar surface area (TPSA) is 3.24 Å². The van der Waals surface area contributed by atoms with Gasteiger partial charge in [-0.1, -0.05) is 61.2 Å². The fourth-order valence-corrected chi connectivity index (χ4v) is 3.37. The lowest BCUT2D eigenvalue weighted by Crippen LogP contribution is -2.46. The van der Waals surface area contributed by atoms with E-state index in [2.05, 4.69) is 41.3 Å². The summed E-state index contributed by atoms with van der Waals surface area (Å²) in [6.07, 6.45) is 12.2. The molecule has 1 atom stereocenters. The van der Waals surface area contributed by atoms with Crippen LogP contribution in [-0.4, -0.2) is 24.0 Å². The molecule has 1 aliphatic heterocycles. The van der Waals surface area contributed by atoms with E-state index in [1.807, 2.05) is 0 Å². The summed E-state index contributed by atoms with van der Waals surface area (Å²) < 4.78 is 0. The predicted octanol–water partition coefficient (Wildman–Crippen LogP) is 4.50. The van der Waals surface area contributed by atoms with E-state index in [-0.39, 0.29) is 0 Å². The fraction of sp³-hybridized carbons (Fsp3) is 0.556. The Morgan fingerprint density at radius 2 is 1.68 bits per heavy atom. The number of nitrogens with zero attached hydrogens (tertiary/aromatic N) is 1. The van der Waals surface area contributed by atoms with Crippen molar-refractivity contribution in [2.24, 2.45) is 0 Å². The standard InChI is InChI=1S/C18H25N/c1-2-7-12-18(19-13-8-14-19)17(11-6-1)15-16-9-4-3-5-10-16/h3-5,9-10,15,18H,1-2,6-8,11-14H2/b17-15-. The molecule has 1 aromatic carbocycles. The molecule has 1 unspecified atom stereocenters. The lowest BCUT2D eigenvalue weighted by molar-refractivity contribution is 0.126. The summed E-state index contributed by atoms with van der Waals surface area (Å²) in [6.45, 7) is 2.63. The molecular formula is C18H25N. The average Bonchev–Trinajstić information content (AvgIpc) is 2.36. The lowest BCUT2D eigenvalue weighted by Gasteiger charge is -2.40. The molecule has 1 aromatic rings. The van der Waals surface area contributed by atoms with Crippen molar-refractivity contribution in [2.45, 2.75) is 51.0 Å². The minimum Gasteiger partial charge on any atom is -0.297 e. The van der Waals surface area contributed by atoms with Crippen LogP contribution >= 0.6 is 0 Å². The van der Waals surface area contributed by atoms with Crippen LogP contribution in [0.25, 0.3) is 6.08 Å². The maximum Gasteiger partial charge on any atom is 0.0310 e. The van der Waals surface area contributed by atoms with Gasteiger partial charge in [-0.25, -0.2) is 0 Å². The van der Waals surface area contributed by atoms with Crippen LogP contribution in [0.2, 0.25) is 0 Å². The maximum absolute atomic E-state index is 2.69. The van der Waals surface area contributed by atoms with E-state index in [9.17, 15) is 0 Å². The third-order valence-electron chi connectivity index (χ3n) is 4.60. The first-order valence-electron chi connectivity index (χ1n) is 7.93. The molecule has 0 spiro atoms. The van der Waals surface area contributed by atoms with Crippen LogP contribution in [0, 0.1) is 0 Å². The Bertz CT molecular complexity index is 417. The number of likely N-dealkylation sites (tertiary alicyclic amines) is 1. The number of rotatable bonds is 2. The van der Waals surface area contributed by atoms with Gasteiger partial charge in [0.25, 0.3) is 0 Å². The first kappa shape index (κ1) is 12.9. The Morgan fingerprint density at radius 1 is 0.895 bits per heavy atom. The van der Waals surface area contributed by atoms with Crippen LogP contribution in [0.15, 0.2) is 35.9 Å². The van der Waals surface area contributed by atoms with Gasteiger partial charge in [0.2, 0.25) is 0 Å². The van der Waals surface area contributed by atoms with Gasteiger partial charge in [0.1, 0.15) is 0 Å². The van der Waals surface area contributed by atoms with Gasteiger partial charge in [0.15, 0.2) is 0 Å². The van der Waals surface area contributed by atoms with E-state index < -0.39 is 0 Å². The van der Waals surface area contributed by atoms with Gasteiger partial charge in [0.05, 0.1) is 0 Å². The molecule has 102 valence electrons. The Balaban J connectivity index is 1.81. The molecular weight excluding hydrogens is 230 g/mol. The fourth-order valence-electron chi connectivity index (χ4n) is 3.37. The van der Waals surface area contributed by atoms with Crippen LogP contribution < -0.4 is 0 Å². The normalized spacial score (nSPS) is 27.6. The van der Waals surface area contributed by atoms with Crippen LogP contribution in [0.4, 0.5) is 0 Å².